The predicted octanol–water partition coefficient (Wildman–Crippen LogP) is 1.69. The molecule has 1 aromatic rings. The second-order valence-electron chi connectivity index (χ2n) is 5.57. The van der Waals surface area contributed by atoms with E-state index in [1.807, 2.05) is 0 Å². The Bertz CT molecular complexity index is 455. The number of nitrogens with zero attached hydrogens (tertiary/aromatic N) is 2. The van der Waals surface area contributed by atoms with Crippen LogP contribution in [0.5, 0.6) is 0 Å². The summed E-state index contributed by atoms with van der Waals surface area (Å²) in [6, 6.07) is 0.00702. The number of carboxylic acid groups (broad SMARTS) is 1. The summed E-state index contributed by atoms with van der Waals surface area (Å²) in [5.74, 6) is -0.650. The zero-order valence-corrected chi connectivity index (χ0v) is 11.8. The van der Waals surface area contributed by atoms with E-state index in [9.17, 15) is 4.79 Å². The van der Waals surface area contributed by atoms with Crippen LogP contribution in [0.2, 0.25) is 0 Å². The molecule has 106 valence electrons. The van der Waals surface area contributed by atoms with Crippen molar-refractivity contribution in [1.82, 2.24) is 9.97 Å². The molecule has 0 amide bonds. The van der Waals surface area contributed by atoms with E-state index in [0.29, 0.717) is 18.1 Å². The maximum absolute atomic E-state index is 10.9. The number of anilines is 1. The Labute approximate surface area is 112 Å². The van der Waals surface area contributed by atoms with Crippen molar-refractivity contribution in [3.05, 3.63) is 17.5 Å². The number of aliphatic hydroxyl groups excluding tert-OH is 1. The Balaban J connectivity index is 2.92. The first-order valence-electron chi connectivity index (χ1n) is 6.20. The molecule has 0 aromatic carbocycles. The first-order valence-corrected chi connectivity index (χ1v) is 6.20. The van der Waals surface area contributed by atoms with E-state index < -0.39 is 5.97 Å². The van der Waals surface area contributed by atoms with E-state index in [2.05, 4.69) is 36.1 Å². The van der Waals surface area contributed by atoms with Crippen molar-refractivity contribution >= 4 is 11.9 Å². The highest BCUT2D eigenvalue weighted by atomic mass is 16.4. The van der Waals surface area contributed by atoms with Gasteiger partial charge in [0.25, 0.3) is 0 Å². The molecule has 0 aliphatic rings. The minimum absolute atomic E-state index is 0.00702. The summed E-state index contributed by atoms with van der Waals surface area (Å²) in [5, 5.41) is 21.2. The lowest BCUT2D eigenvalue weighted by molar-refractivity contribution is 0.0695. The van der Waals surface area contributed by atoms with Gasteiger partial charge in [-0.05, 0) is 18.8 Å². The largest absolute Gasteiger partial charge is 0.478 e. The Hall–Kier alpha value is -1.69. The van der Waals surface area contributed by atoms with Crippen molar-refractivity contribution in [1.29, 1.82) is 0 Å². The third-order valence-electron chi connectivity index (χ3n) is 2.98. The summed E-state index contributed by atoms with van der Waals surface area (Å²) >= 11 is 0. The summed E-state index contributed by atoms with van der Waals surface area (Å²) in [7, 11) is 0. The quantitative estimate of drug-likeness (QED) is 0.751. The number of carboxylic acids is 1. The maximum atomic E-state index is 10.9. The molecule has 1 rings (SSSR count). The van der Waals surface area contributed by atoms with E-state index in [0.717, 1.165) is 0 Å². The van der Waals surface area contributed by atoms with Crippen LogP contribution >= 0.6 is 0 Å². The molecule has 6 nitrogen and oxygen atoms in total. The zero-order valence-electron chi connectivity index (χ0n) is 11.8. The highest BCUT2D eigenvalue weighted by molar-refractivity contribution is 5.88. The smallest absolute Gasteiger partial charge is 0.339 e. The number of rotatable bonds is 5. The van der Waals surface area contributed by atoms with Crippen LogP contribution in [0.15, 0.2) is 6.20 Å². The molecule has 0 saturated carbocycles. The first kappa shape index (κ1) is 15.4. The van der Waals surface area contributed by atoms with E-state index in [4.69, 9.17) is 10.2 Å². The summed E-state index contributed by atoms with van der Waals surface area (Å²) in [6.07, 6.45) is 1.87. The molecule has 6 heteroatoms. The van der Waals surface area contributed by atoms with Gasteiger partial charge < -0.3 is 15.5 Å². The third kappa shape index (κ3) is 4.17. The van der Waals surface area contributed by atoms with Gasteiger partial charge in [0.1, 0.15) is 0 Å². The zero-order chi connectivity index (χ0) is 14.6. The molecular formula is C13H21N3O3. The van der Waals surface area contributed by atoms with Crippen molar-refractivity contribution < 1.29 is 15.0 Å². The molecule has 0 aliphatic heterocycles. The Morgan fingerprint density at radius 3 is 2.53 bits per heavy atom. The van der Waals surface area contributed by atoms with Gasteiger partial charge >= 0.3 is 5.97 Å². The van der Waals surface area contributed by atoms with Crippen LogP contribution in [-0.2, 0) is 0 Å². The van der Waals surface area contributed by atoms with Crippen LogP contribution in [0.4, 0.5) is 5.95 Å². The Morgan fingerprint density at radius 2 is 2.11 bits per heavy atom. The van der Waals surface area contributed by atoms with Crippen LogP contribution < -0.4 is 5.32 Å². The number of aryl methyl sites for hydroxylation is 1. The molecule has 1 atom stereocenters. The van der Waals surface area contributed by atoms with E-state index in [1.165, 1.54) is 6.20 Å². The molecule has 0 fully saturated rings. The van der Waals surface area contributed by atoms with E-state index in [1.54, 1.807) is 6.92 Å². The summed E-state index contributed by atoms with van der Waals surface area (Å²) in [6.45, 7) is 7.87. The van der Waals surface area contributed by atoms with Crippen LogP contribution in [-0.4, -0.2) is 38.8 Å². The van der Waals surface area contributed by atoms with Gasteiger partial charge in [-0.2, -0.15) is 0 Å². The van der Waals surface area contributed by atoms with Gasteiger partial charge in [-0.1, -0.05) is 20.8 Å². The molecule has 1 aromatic heterocycles. The van der Waals surface area contributed by atoms with E-state index in [-0.39, 0.29) is 23.6 Å². The number of aliphatic hydroxyl groups is 1. The lowest BCUT2D eigenvalue weighted by Gasteiger charge is -2.31. The molecule has 19 heavy (non-hydrogen) atoms. The average Bonchev–Trinajstić information content (AvgIpc) is 2.26. The van der Waals surface area contributed by atoms with Crippen molar-refractivity contribution in [2.24, 2.45) is 5.41 Å². The lowest BCUT2D eigenvalue weighted by Crippen LogP contribution is -2.35. The molecule has 1 heterocycles. The summed E-state index contributed by atoms with van der Waals surface area (Å²) in [4.78, 5) is 19.0. The first-order chi connectivity index (χ1) is 8.75. The van der Waals surface area contributed by atoms with Crippen LogP contribution in [0.1, 0.15) is 43.2 Å². The molecule has 0 radical (unpaired) electrons. The van der Waals surface area contributed by atoms with Crippen LogP contribution in [0, 0.1) is 12.3 Å². The minimum atomic E-state index is -1.04. The monoisotopic (exact) mass is 267 g/mol. The predicted molar refractivity (Wildman–Crippen MR) is 72.3 cm³/mol. The highest BCUT2D eigenvalue weighted by Crippen LogP contribution is 2.24. The average molecular weight is 267 g/mol. The van der Waals surface area contributed by atoms with Crippen LogP contribution in [0.3, 0.4) is 0 Å². The Morgan fingerprint density at radius 1 is 1.47 bits per heavy atom. The second-order valence-corrected chi connectivity index (χ2v) is 5.57. The SMILES string of the molecule is Cc1nc(NC(CCO)C(C)(C)C)ncc1C(=O)O. The Kier molecular flexibility index (Phi) is 4.83. The standard InChI is InChI=1S/C13H21N3O3/c1-8-9(11(18)19)7-14-12(15-8)16-10(5-6-17)13(2,3)4/h7,10,17H,5-6H2,1-4H3,(H,18,19)(H,14,15,16). The van der Waals surface area contributed by atoms with Gasteiger partial charge in [0.2, 0.25) is 5.95 Å². The van der Waals surface area contributed by atoms with Crippen LogP contribution in [0.25, 0.3) is 0 Å². The number of carbonyl (C=O) groups is 1. The van der Waals surface area contributed by atoms with Crippen molar-refractivity contribution in [2.45, 2.75) is 40.2 Å². The normalized spacial score (nSPS) is 13.1. The molecule has 1 unspecified atom stereocenters. The second kappa shape index (κ2) is 5.97. The number of aromatic nitrogens is 2. The lowest BCUT2D eigenvalue weighted by atomic mass is 9.85. The number of hydrogen-bond acceptors (Lipinski definition) is 5. The van der Waals surface area contributed by atoms with Crippen molar-refractivity contribution in [2.75, 3.05) is 11.9 Å². The van der Waals surface area contributed by atoms with E-state index >= 15 is 0 Å². The molecule has 0 bridgehead atoms. The molecular weight excluding hydrogens is 246 g/mol. The number of nitrogens with one attached hydrogen (secondary N) is 1. The van der Waals surface area contributed by atoms with Gasteiger partial charge in [0.15, 0.2) is 0 Å². The van der Waals surface area contributed by atoms with Crippen molar-refractivity contribution in [3.8, 4) is 0 Å². The molecule has 0 spiro atoms. The highest BCUT2D eigenvalue weighted by Gasteiger charge is 2.25. The van der Waals surface area contributed by atoms with Gasteiger partial charge in [-0.15, -0.1) is 0 Å². The number of hydrogen-bond donors (Lipinski definition) is 3. The van der Waals surface area contributed by atoms with Crippen molar-refractivity contribution in [3.63, 3.8) is 0 Å². The van der Waals surface area contributed by atoms with Gasteiger partial charge in [-0.25, -0.2) is 14.8 Å². The molecule has 0 saturated heterocycles. The fourth-order valence-corrected chi connectivity index (χ4v) is 1.75. The minimum Gasteiger partial charge on any atom is -0.478 e. The fourth-order valence-electron chi connectivity index (χ4n) is 1.75. The third-order valence-corrected chi connectivity index (χ3v) is 2.98. The molecule has 0 aliphatic carbocycles. The fraction of sp³-hybridized carbons (Fsp3) is 0.615. The summed E-state index contributed by atoms with van der Waals surface area (Å²) < 4.78 is 0. The summed E-state index contributed by atoms with van der Waals surface area (Å²) in [5.41, 5.74) is 0.451. The van der Waals surface area contributed by atoms with Gasteiger partial charge in [0, 0.05) is 18.8 Å². The van der Waals surface area contributed by atoms with Gasteiger partial charge in [0.05, 0.1) is 11.3 Å². The topological polar surface area (TPSA) is 95.3 Å². The number of aromatic carboxylic acids is 1. The maximum Gasteiger partial charge on any atom is 0.339 e. The molecule has 3 N–H and O–H groups in total. The van der Waals surface area contributed by atoms with Gasteiger partial charge in [-0.3, -0.25) is 0 Å².